The third kappa shape index (κ3) is 4.91. The van der Waals surface area contributed by atoms with Gasteiger partial charge < -0.3 is 10.1 Å². The van der Waals surface area contributed by atoms with Crippen LogP contribution in [0, 0.1) is 0 Å². The number of ether oxygens (including phenoxy) is 1. The number of nitrogens with zero attached hydrogens (tertiary/aromatic N) is 1. The van der Waals surface area contributed by atoms with Crippen molar-refractivity contribution in [1.29, 1.82) is 0 Å². The second-order valence-electron chi connectivity index (χ2n) is 5.07. The summed E-state index contributed by atoms with van der Waals surface area (Å²) in [7, 11) is 1.40. The lowest BCUT2D eigenvalue weighted by molar-refractivity contribution is -0.139. The van der Waals surface area contributed by atoms with Crippen LogP contribution in [0.25, 0.3) is 0 Å². The van der Waals surface area contributed by atoms with Crippen LogP contribution in [0.5, 0.6) is 0 Å². The van der Waals surface area contributed by atoms with Crippen LogP contribution in [-0.4, -0.2) is 23.9 Å². The number of unbranched alkanes of at least 4 members (excludes halogenated alkanes) is 2. The average molecular weight is 318 g/mol. The summed E-state index contributed by atoms with van der Waals surface area (Å²) in [4.78, 5) is 16.3. The van der Waals surface area contributed by atoms with Crippen molar-refractivity contribution in [3.63, 3.8) is 0 Å². The average Bonchev–Trinajstić information content (AvgIpc) is 2.69. The van der Waals surface area contributed by atoms with Gasteiger partial charge in [0.15, 0.2) is 0 Å². The van der Waals surface area contributed by atoms with E-state index >= 15 is 0 Å². The first-order valence-corrected chi connectivity index (χ1v) is 8.56. The van der Waals surface area contributed by atoms with Gasteiger partial charge in [0.25, 0.3) is 0 Å². The Morgan fingerprint density at radius 3 is 2.91 bits per heavy atom. The number of aliphatic imine (C=N–C) groups is 1. The van der Waals surface area contributed by atoms with Gasteiger partial charge in [0, 0.05) is 5.70 Å². The van der Waals surface area contributed by atoms with Crippen LogP contribution in [-0.2, 0) is 9.53 Å². The fourth-order valence-corrected chi connectivity index (χ4v) is 3.06. The molecule has 0 saturated heterocycles. The van der Waals surface area contributed by atoms with Crippen LogP contribution in [0.15, 0.2) is 41.0 Å². The Morgan fingerprint density at radius 1 is 1.32 bits per heavy atom. The van der Waals surface area contributed by atoms with Crippen molar-refractivity contribution in [3.05, 3.63) is 36.0 Å². The summed E-state index contributed by atoms with van der Waals surface area (Å²) >= 11 is 1.73. The molecule has 1 heterocycles. The lowest BCUT2D eigenvalue weighted by Crippen LogP contribution is -2.08. The maximum absolute atomic E-state index is 11.6. The van der Waals surface area contributed by atoms with Crippen LogP contribution in [0.3, 0.4) is 0 Å². The molecule has 1 aromatic rings. The Kier molecular flexibility index (Phi) is 6.52. The van der Waals surface area contributed by atoms with E-state index in [-0.39, 0.29) is 12.4 Å². The van der Waals surface area contributed by atoms with Crippen LogP contribution >= 0.6 is 11.8 Å². The summed E-state index contributed by atoms with van der Waals surface area (Å²) in [6.45, 7) is 2.20. The van der Waals surface area contributed by atoms with Gasteiger partial charge in [-0.05, 0) is 30.4 Å². The highest BCUT2D eigenvalue weighted by Crippen LogP contribution is 2.31. The molecule has 0 unspecified atom stereocenters. The quantitative estimate of drug-likeness (QED) is 0.619. The Hall–Kier alpha value is -1.75. The number of carbonyl (C=O) groups excluding carboxylic acids is 1. The first kappa shape index (κ1) is 16.6. The number of benzene rings is 1. The third-order valence-electron chi connectivity index (χ3n) is 3.29. The SMILES string of the molecule is CCCCCSC1=Nc2ccccc2NC(CC(=O)OC)=C1. The Balaban J connectivity index is 2.16. The Bertz CT molecular complexity index is 582. The monoisotopic (exact) mass is 318 g/mol. The zero-order valence-corrected chi connectivity index (χ0v) is 13.9. The molecule has 0 amide bonds. The van der Waals surface area contributed by atoms with E-state index in [1.165, 1.54) is 26.4 Å². The minimum Gasteiger partial charge on any atom is -0.469 e. The lowest BCUT2D eigenvalue weighted by atomic mass is 10.2. The zero-order valence-electron chi connectivity index (χ0n) is 13.1. The summed E-state index contributed by atoms with van der Waals surface area (Å²) < 4.78 is 4.76. The second kappa shape index (κ2) is 8.63. The fourth-order valence-electron chi connectivity index (χ4n) is 2.11. The number of anilines is 1. The largest absolute Gasteiger partial charge is 0.469 e. The number of carbonyl (C=O) groups is 1. The van der Waals surface area contributed by atoms with E-state index in [2.05, 4.69) is 12.2 Å². The van der Waals surface area contributed by atoms with Crippen molar-refractivity contribution in [2.24, 2.45) is 4.99 Å². The highest BCUT2D eigenvalue weighted by Gasteiger charge is 2.14. The standard InChI is InChI=1S/C17H22N2O2S/c1-3-4-7-10-22-16-11-13(12-17(20)21-2)18-14-8-5-6-9-15(14)19-16/h5-6,8-9,11,18H,3-4,7,10,12H2,1-2H3. The number of hydrogen-bond acceptors (Lipinski definition) is 5. The summed E-state index contributed by atoms with van der Waals surface area (Å²) in [5.41, 5.74) is 2.64. The number of esters is 1. The predicted octanol–water partition coefficient (Wildman–Crippen LogP) is 4.51. The van der Waals surface area contributed by atoms with E-state index in [9.17, 15) is 4.79 Å². The maximum atomic E-state index is 11.6. The Morgan fingerprint density at radius 2 is 2.14 bits per heavy atom. The first-order valence-electron chi connectivity index (χ1n) is 7.58. The summed E-state index contributed by atoms with van der Waals surface area (Å²) in [5.74, 6) is 0.782. The number of nitrogens with one attached hydrogen (secondary N) is 1. The van der Waals surface area contributed by atoms with Crippen molar-refractivity contribution in [2.75, 3.05) is 18.2 Å². The zero-order chi connectivity index (χ0) is 15.8. The van der Waals surface area contributed by atoms with Crippen molar-refractivity contribution < 1.29 is 9.53 Å². The minimum absolute atomic E-state index is 0.222. The molecule has 1 N–H and O–H groups in total. The molecule has 0 aromatic heterocycles. The molecule has 0 aliphatic carbocycles. The van der Waals surface area contributed by atoms with Gasteiger partial charge in [0.1, 0.15) is 0 Å². The number of methoxy groups -OCH3 is 1. The summed E-state index contributed by atoms with van der Waals surface area (Å²) in [5, 5.41) is 4.23. The molecule has 0 spiro atoms. The third-order valence-corrected chi connectivity index (χ3v) is 4.29. The second-order valence-corrected chi connectivity index (χ2v) is 6.19. The van der Waals surface area contributed by atoms with E-state index in [1.54, 1.807) is 11.8 Å². The molecule has 118 valence electrons. The first-order chi connectivity index (χ1) is 10.7. The molecule has 4 nitrogen and oxygen atoms in total. The van der Waals surface area contributed by atoms with E-state index in [1.807, 2.05) is 30.3 Å². The van der Waals surface area contributed by atoms with Crippen molar-refractivity contribution in [3.8, 4) is 0 Å². The predicted molar refractivity (Wildman–Crippen MR) is 93.9 cm³/mol. The molecule has 1 aromatic carbocycles. The van der Waals surface area contributed by atoms with E-state index in [0.717, 1.165) is 27.9 Å². The van der Waals surface area contributed by atoms with Crippen molar-refractivity contribution in [1.82, 2.24) is 0 Å². The van der Waals surface area contributed by atoms with Gasteiger partial charge in [-0.2, -0.15) is 0 Å². The smallest absolute Gasteiger partial charge is 0.311 e. The molecule has 1 aliphatic rings. The van der Waals surface area contributed by atoms with E-state index < -0.39 is 0 Å². The molecule has 1 aliphatic heterocycles. The van der Waals surface area contributed by atoms with Gasteiger partial charge in [-0.1, -0.05) is 31.9 Å². The van der Waals surface area contributed by atoms with Gasteiger partial charge in [-0.3, -0.25) is 4.79 Å². The fraction of sp³-hybridized carbons (Fsp3) is 0.412. The number of para-hydroxylation sites is 2. The number of rotatable bonds is 6. The maximum Gasteiger partial charge on any atom is 0.311 e. The van der Waals surface area contributed by atoms with Gasteiger partial charge in [-0.25, -0.2) is 4.99 Å². The molecular weight excluding hydrogens is 296 g/mol. The van der Waals surface area contributed by atoms with Gasteiger partial charge in [0.05, 0.1) is 29.9 Å². The minimum atomic E-state index is -0.256. The molecule has 22 heavy (non-hydrogen) atoms. The van der Waals surface area contributed by atoms with Crippen molar-refractivity contribution in [2.45, 2.75) is 32.6 Å². The van der Waals surface area contributed by atoms with Crippen LogP contribution in [0.4, 0.5) is 11.4 Å². The highest BCUT2D eigenvalue weighted by molar-refractivity contribution is 8.14. The molecule has 0 saturated carbocycles. The number of thioether (sulfide) groups is 1. The van der Waals surface area contributed by atoms with E-state index in [0.29, 0.717) is 0 Å². The van der Waals surface area contributed by atoms with E-state index in [4.69, 9.17) is 9.73 Å². The normalized spacial score (nSPS) is 13.4. The Labute approximate surface area is 136 Å². The molecule has 0 radical (unpaired) electrons. The lowest BCUT2D eigenvalue weighted by Gasteiger charge is -2.09. The summed E-state index contributed by atoms with van der Waals surface area (Å²) in [6.07, 6.45) is 5.79. The molecule has 0 bridgehead atoms. The molecular formula is C17H22N2O2S. The number of fused-ring (bicyclic) bond motifs is 1. The molecule has 2 rings (SSSR count). The summed E-state index contributed by atoms with van der Waals surface area (Å²) in [6, 6.07) is 7.86. The van der Waals surface area contributed by atoms with Crippen LogP contribution in [0.2, 0.25) is 0 Å². The number of hydrogen-bond donors (Lipinski definition) is 1. The van der Waals surface area contributed by atoms with Crippen LogP contribution < -0.4 is 5.32 Å². The highest BCUT2D eigenvalue weighted by atomic mass is 32.2. The van der Waals surface area contributed by atoms with Crippen molar-refractivity contribution >= 4 is 34.1 Å². The molecule has 5 heteroatoms. The topological polar surface area (TPSA) is 50.7 Å². The molecule has 0 atom stereocenters. The van der Waals surface area contributed by atoms with Gasteiger partial charge in [-0.15, -0.1) is 11.8 Å². The van der Waals surface area contributed by atoms with Gasteiger partial charge in [0.2, 0.25) is 0 Å². The molecule has 0 fully saturated rings. The van der Waals surface area contributed by atoms with Gasteiger partial charge >= 0.3 is 5.97 Å². The van der Waals surface area contributed by atoms with Crippen LogP contribution in [0.1, 0.15) is 32.6 Å².